The maximum atomic E-state index is 13.2. The number of nitrogens with zero attached hydrogens (tertiary/aromatic N) is 3. The van der Waals surface area contributed by atoms with E-state index in [1.807, 2.05) is 0 Å². The Morgan fingerprint density at radius 2 is 1.93 bits per heavy atom. The van der Waals surface area contributed by atoms with E-state index in [2.05, 4.69) is 9.98 Å². The smallest absolute Gasteiger partial charge is 0.325 e. The number of pyridine rings is 1. The first-order valence-corrected chi connectivity index (χ1v) is 10.3. The largest absolute Gasteiger partial charge is 0.480 e. The molecule has 0 aliphatic heterocycles. The summed E-state index contributed by atoms with van der Waals surface area (Å²) in [5.74, 6) is -1.27. The Labute approximate surface area is 167 Å². The van der Waals surface area contributed by atoms with Gasteiger partial charge in [0.15, 0.2) is 11.8 Å². The molecule has 0 atom stereocenters. The van der Waals surface area contributed by atoms with Crippen LogP contribution in [0.2, 0.25) is 5.02 Å². The molecule has 0 radical (unpaired) electrons. The van der Waals surface area contributed by atoms with Crippen LogP contribution >= 0.6 is 11.6 Å². The second kappa shape index (κ2) is 7.19. The van der Waals surface area contributed by atoms with E-state index in [4.69, 9.17) is 23.1 Å². The Morgan fingerprint density at radius 3 is 2.50 bits per heavy atom. The van der Waals surface area contributed by atoms with Crippen LogP contribution < -0.4 is 11.5 Å². The number of rotatable bonds is 5. The third kappa shape index (κ3) is 3.27. The number of aliphatic carboxylic acids is 1. The van der Waals surface area contributed by atoms with Gasteiger partial charge >= 0.3 is 5.97 Å². The molecular weight excluding hydrogens is 406 g/mol. The van der Waals surface area contributed by atoms with Gasteiger partial charge in [-0.15, -0.1) is 0 Å². The van der Waals surface area contributed by atoms with Crippen LogP contribution in [0.25, 0.3) is 10.8 Å². The molecule has 1 aliphatic rings. The average Bonchev–Trinajstić information content (AvgIpc) is 3.14. The molecule has 1 fully saturated rings. The third-order valence-electron chi connectivity index (χ3n) is 5.11. The van der Waals surface area contributed by atoms with Gasteiger partial charge in [-0.1, -0.05) is 30.5 Å². The Morgan fingerprint density at radius 1 is 1.29 bits per heavy atom. The van der Waals surface area contributed by atoms with Crippen LogP contribution in [0.4, 0.5) is 5.82 Å². The van der Waals surface area contributed by atoms with Crippen molar-refractivity contribution in [3.63, 3.8) is 0 Å². The van der Waals surface area contributed by atoms with Crippen molar-refractivity contribution < 1.29 is 18.3 Å². The van der Waals surface area contributed by atoms with Crippen molar-refractivity contribution in [2.75, 3.05) is 7.05 Å². The third-order valence-corrected chi connectivity index (χ3v) is 7.34. The van der Waals surface area contributed by atoms with Crippen LogP contribution in [0.5, 0.6) is 0 Å². The number of hydrogen-bond acceptors (Lipinski definition) is 5. The first-order chi connectivity index (χ1) is 13.1. The number of hydrogen-bond donors (Lipinski definition) is 3. The topological polar surface area (TPSA) is 152 Å². The summed E-state index contributed by atoms with van der Waals surface area (Å²) in [4.78, 5) is 19.8. The summed E-state index contributed by atoms with van der Waals surface area (Å²) in [5.41, 5.74) is 9.39. The lowest BCUT2D eigenvalue weighted by atomic mass is 9.98. The number of likely N-dealkylation sites (N-methyl/N-ethyl adjacent to an activating group) is 1. The molecule has 1 saturated carbocycles. The van der Waals surface area contributed by atoms with Gasteiger partial charge in [-0.05, 0) is 25.0 Å². The van der Waals surface area contributed by atoms with Gasteiger partial charge in [0.1, 0.15) is 5.54 Å². The summed E-state index contributed by atoms with van der Waals surface area (Å²) in [7, 11) is -2.81. The standard InChI is InChI=1S/C17H20ClN5O4S/c1-23(17(15(24)25)6-2-3-7-17)28(26,27)10-4-5-11-12(8-10)14(22-16(19)20)21-9-13(11)18/h4-5,8-9H,2-3,6-7H2,1H3,(H,24,25)(H4,19,20,21,22). The maximum absolute atomic E-state index is 13.2. The van der Waals surface area contributed by atoms with Crippen molar-refractivity contribution in [2.24, 2.45) is 16.5 Å². The minimum Gasteiger partial charge on any atom is -0.480 e. The van der Waals surface area contributed by atoms with E-state index in [0.29, 0.717) is 28.6 Å². The number of sulfonamides is 1. The Hall–Kier alpha value is -2.43. The van der Waals surface area contributed by atoms with E-state index >= 15 is 0 Å². The summed E-state index contributed by atoms with van der Waals surface area (Å²) in [5, 5.41) is 10.9. The maximum Gasteiger partial charge on any atom is 0.325 e. The molecule has 2 aromatic rings. The van der Waals surface area contributed by atoms with Gasteiger partial charge in [-0.25, -0.2) is 13.4 Å². The number of carboxylic acid groups (broad SMARTS) is 1. The summed E-state index contributed by atoms with van der Waals surface area (Å²) in [6.45, 7) is 0. The average molecular weight is 426 g/mol. The summed E-state index contributed by atoms with van der Waals surface area (Å²) in [6, 6.07) is 4.25. The molecule has 1 aliphatic carbocycles. The zero-order chi connectivity index (χ0) is 20.7. The predicted molar refractivity (Wildman–Crippen MR) is 106 cm³/mol. The molecule has 0 saturated heterocycles. The van der Waals surface area contributed by atoms with Gasteiger partial charge in [0, 0.05) is 24.0 Å². The van der Waals surface area contributed by atoms with Crippen molar-refractivity contribution in [1.29, 1.82) is 0 Å². The van der Waals surface area contributed by atoms with Crippen LogP contribution in [0.1, 0.15) is 25.7 Å². The highest BCUT2D eigenvalue weighted by Crippen LogP contribution is 2.39. The van der Waals surface area contributed by atoms with Gasteiger partial charge < -0.3 is 16.6 Å². The number of aliphatic imine (C=N–C) groups is 1. The number of benzene rings is 1. The minimum absolute atomic E-state index is 0.0915. The first kappa shape index (κ1) is 20.3. The Balaban J connectivity index is 2.17. The lowest BCUT2D eigenvalue weighted by Crippen LogP contribution is -2.53. The second-order valence-electron chi connectivity index (χ2n) is 6.69. The lowest BCUT2D eigenvalue weighted by Gasteiger charge is -2.33. The van der Waals surface area contributed by atoms with E-state index in [0.717, 1.165) is 4.31 Å². The molecule has 28 heavy (non-hydrogen) atoms. The van der Waals surface area contributed by atoms with Crippen LogP contribution in [0.15, 0.2) is 34.3 Å². The number of aromatic nitrogens is 1. The van der Waals surface area contributed by atoms with E-state index in [-0.39, 0.29) is 29.5 Å². The number of carbonyl (C=O) groups is 1. The molecule has 0 bridgehead atoms. The fourth-order valence-corrected chi connectivity index (χ4v) is 5.31. The summed E-state index contributed by atoms with van der Waals surface area (Å²) < 4.78 is 27.4. The van der Waals surface area contributed by atoms with Crippen molar-refractivity contribution in [3.05, 3.63) is 29.4 Å². The highest BCUT2D eigenvalue weighted by Gasteiger charge is 2.49. The van der Waals surface area contributed by atoms with Gasteiger partial charge in [0.05, 0.1) is 9.92 Å². The molecule has 0 amide bonds. The van der Waals surface area contributed by atoms with Gasteiger partial charge in [0.25, 0.3) is 0 Å². The Kier molecular flexibility index (Phi) is 5.22. The van der Waals surface area contributed by atoms with Crippen molar-refractivity contribution in [1.82, 2.24) is 9.29 Å². The number of halogens is 1. The molecule has 1 aromatic heterocycles. The van der Waals surface area contributed by atoms with Crippen molar-refractivity contribution in [3.8, 4) is 0 Å². The molecule has 5 N–H and O–H groups in total. The van der Waals surface area contributed by atoms with E-state index in [1.54, 1.807) is 0 Å². The number of carboxylic acids is 1. The van der Waals surface area contributed by atoms with E-state index < -0.39 is 21.5 Å². The minimum atomic E-state index is -4.10. The van der Waals surface area contributed by atoms with Gasteiger partial charge in [0.2, 0.25) is 10.0 Å². The van der Waals surface area contributed by atoms with Crippen LogP contribution in [-0.2, 0) is 14.8 Å². The summed E-state index contributed by atoms with van der Waals surface area (Å²) >= 11 is 6.15. The molecule has 1 aromatic carbocycles. The second-order valence-corrected chi connectivity index (χ2v) is 9.07. The van der Waals surface area contributed by atoms with E-state index in [1.165, 1.54) is 31.4 Å². The predicted octanol–water partition coefficient (Wildman–Crippen LogP) is 1.81. The molecule has 11 heteroatoms. The fourth-order valence-electron chi connectivity index (χ4n) is 3.56. The zero-order valence-electron chi connectivity index (χ0n) is 15.1. The molecule has 1 heterocycles. The quantitative estimate of drug-likeness (QED) is 0.487. The molecule has 9 nitrogen and oxygen atoms in total. The van der Waals surface area contributed by atoms with Crippen molar-refractivity contribution >= 4 is 50.1 Å². The van der Waals surface area contributed by atoms with Crippen LogP contribution in [-0.4, -0.2) is 47.3 Å². The number of nitrogens with two attached hydrogens (primary N) is 2. The van der Waals surface area contributed by atoms with Gasteiger partial charge in [-0.3, -0.25) is 4.79 Å². The van der Waals surface area contributed by atoms with Gasteiger partial charge in [-0.2, -0.15) is 9.30 Å². The van der Waals surface area contributed by atoms with E-state index in [9.17, 15) is 18.3 Å². The highest BCUT2D eigenvalue weighted by atomic mass is 35.5. The number of fused-ring (bicyclic) bond motifs is 1. The van der Waals surface area contributed by atoms with Crippen molar-refractivity contribution in [2.45, 2.75) is 36.1 Å². The lowest BCUT2D eigenvalue weighted by molar-refractivity contribution is -0.147. The zero-order valence-corrected chi connectivity index (χ0v) is 16.7. The Bertz CT molecular complexity index is 1080. The first-order valence-electron chi connectivity index (χ1n) is 8.50. The SMILES string of the molecule is CN(C1(C(=O)O)CCCC1)S(=O)(=O)c1ccc2c(Cl)cnc(N=C(N)N)c2c1. The molecule has 150 valence electrons. The molecule has 0 unspecified atom stereocenters. The normalized spacial score (nSPS) is 16.4. The monoisotopic (exact) mass is 425 g/mol. The summed E-state index contributed by atoms with van der Waals surface area (Å²) in [6.07, 6.45) is 3.19. The highest BCUT2D eigenvalue weighted by molar-refractivity contribution is 7.89. The number of guanidine groups is 1. The molecule has 3 rings (SSSR count). The van der Waals surface area contributed by atoms with Crippen LogP contribution in [0, 0.1) is 0 Å². The molecule has 0 spiro atoms. The fraction of sp³-hybridized carbons (Fsp3) is 0.353. The van der Waals surface area contributed by atoms with Crippen LogP contribution in [0.3, 0.4) is 0 Å². The molecular formula is C17H20ClN5O4S.